The van der Waals surface area contributed by atoms with Gasteiger partial charge in [-0.05, 0) is 12.8 Å². The fourth-order valence-corrected chi connectivity index (χ4v) is 1.37. The van der Waals surface area contributed by atoms with Crippen molar-refractivity contribution in [1.82, 2.24) is 9.88 Å². The highest BCUT2D eigenvalue weighted by Gasteiger charge is 2.13. The van der Waals surface area contributed by atoms with Crippen LogP contribution in [0.4, 0.5) is 5.69 Å². The van der Waals surface area contributed by atoms with Crippen molar-refractivity contribution in [2.24, 2.45) is 5.92 Å². The number of nitro groups is 1. The molecule has 1 aromatic heterocycles. The van der Waals surface area contributed by atoms with Crippen LogP contribution in [-0.2, 0) is 11.3 Å². The molecule has 1 atom stereocenters. The van der Waals surface area contributed by atoms with Crippen molar-refractivity contribution in [3.63, 3.8) is 0 Å². The summed E-state index contributed by atoms with van der Waals surface area (Å²) in [6.45, 7) is 5.56. The number of carbonyl (C=O) groups is 1. The highest BCUT2D eigenvalue weighted by atomic mass is 16.6. The highest BCUT2D eigenvalue weighted by molar-refractivity contribution is 5.76. The van der Waals surface area contributed by atoms with Gasteiger partial charge in [-0.2, -0.15) is 0 Å². The Hall–Kier alpha value is -2.18. The van der Waals surface area contributed by atoms with Gasteiger partial charge in [0.15, 0.2) is 0 Å². The van der Waals surface area contributed by atoms with Gasteiger partial charge in [0, 0.05) is 18.2 Å². The van der Waals surface area contributed by atoms with Crippen molar-refractivity contribution in [3.8, 4) is 0 Å². The van der Waals surface area contributed by atoms with Gasteiger partial charge in [-0.3, -0.25) is 24.3 Å². The largest absolute Gasteiger partial charge is 0.352 e. The summed E-state index contributed by atoms with van der Waals surface area (Å²) in [6, 6.07) is 2.17. The molecule has 1 unspecified atom stereocenters. The Morgan fingerprint density at radius 3 is 2.58 bits per heavy atom. The molecule has 19 heavy (non-hydrogen) atoms. The molecule has 0 radical (unpaired) electrons. The standard InChI is InChI=1S/C12H17N3O4/c1-8(2)9(3)13-11(16)7-14-6-10(15(18)19)4-5-12(14)17/h4-6,8-9H,7H2,1-3H3,(H,13,16). The van der Waals surface area contributed by atoms with Crippen molar-refractivity contribution >= 4 is 11.6 Å². The molecule has 0 aromatic carbocycles. The summed E-state index contributed by atoms with van der Waals surface area (Å²) in [5.74, 6) is -0.0745. The molecule has 104 valence electrons. The molecule has 0 aliphatic rings. The summed E-state index contributed by atoms with van der Waals surface area (Å²) < 4.78 is 1.03. The number of amides is 1. The van der Waals surface area contributed by atoms with Gasteiger partial charge < -0.3 is 5.32 Å². The van der Waals surface area contributed by atoms with E-state index in [4.69, 9.17) is 0 Å². The van der Waals surface area contributed by atoms with Crippen molar-refractivity contribution in [2.75, 3.05) is 0 Å². The van der Waals surface area contributed by atoms with Crippen LogP contribution in [0.15, 0.2) is 23.1 Å². The molecule has 0 aliphatic heterocycles. The second-order valence-electron chi connectivity index (χ2n) is 4.71. The van der Waals surface area contributed by atoms with E-state index in [9.17, 15) is 19.7 Å². The number of carbonyl (C=O) groups excluding carboxylic acids is 1. The average molecular weight is 267 g/mol. The predicted molar refractivity (Wildman–Crippen MR) is 69.8 cm³/mol. The molecule has 0 spiro atoms. The fraction of sp³-hybridized carbons (Fsp3) is 0.500. The quantitative estimate of drug-likeness (QED) is 0.634. The van der Waals surface area contributed by atoms with Crippen molar-refractivity contribution in [2.45, 2.75) is 33.4 Å². The van der Waals surface area contributed by atoms with Crippen LogP contribution in [-0.4, -0.2) is 21.4 Å². The van der Waals surface area contributed by atoms with Crippen molar-refractivity contribution in [1.29, 1.82) is 0 Å². The minimum atomic E-state index is -0.607. The normalized spacial score (nSPS) is 12.2. The fourth-order valence-electron chi connectivity index (χ4n) is 1.37. The summed E-state index contributed by atoms with van der Waals surface area (Å²) in [7, 11) is 0. The van der Waals surface area contributed by atoms with Gasteiger partial charge >= 0.3 is 0 Å². The van der Waals surface area contributed by atoms with Crippen LogP contribution in [0.3, 0.4) is 0 Å². The lowest BCUT2D eigenvalue weighted by Gasteiger charge is -2.17. The third kappa shape index (κ3) is 4.20. The van der Waals surface area contributed by atoms with E-state index in [2.05, 4.69) is 5.32 Å². The van der Waals surface area contributed by atoms with E-state index in [-0.39, 0.29) is 30.1 Å². The summed E-state index contributed by atoms with van der Waals surface area (Å²) in [5, 5.41) is 13.3. The molecule has 1 N–H and O–H groups in total. The first-order chi connectivity index (χ1) is 8.81. The first-order valence-electron chi connectivity index (χ1n) is 5.95. The lowest BCUT2D eigenvalue weighted by molar-refractivity contribution is -0.385. The van der Waals surface area contributed by atoms with Crippen molar-refractivity contribution in [3.05, 3.63) is 38.8 Å². The van der Waals surface area contributed by atoms with E-state index in [1.165, 1.54) is 0 Å². The van der Waals surface area contributed by atoms with Crippen molar-refractivity contribution < 1.29 is 9.72 Å². The Morgan fingerprint density at radius 2 is 2.05 bits per heavy atom. The minimum Gasteiger partial charge on any atom is -0.352 e. The van der Waals surface area contributed by atoms with E-state index in [1.54, 1.807) is 0 Å². The van der Waals surface area contributed by atoms with Gasteiger partial charge in [0.1, 0.15) is 6.54 Å². The summed E-state index contributed by atoms with van der Waals surface area (Å²) >= 11 is 0. The van der Waals surface area contributed by atoms with E-state index >= 15 is 0 Å². The number of hydrogen-bond donors (Lipinski definition) is 1. The Balaban J connectivity index is 2.82. The molecule has 1 aromatic rings. The lowest BCUT2D eigenvalue weighted by atomic mass is 10.1. The molecule has 1 rings (SSSR count). The smallest absolute Gasteiger partial charge is 0.285 e. The number of nitrogens with one attached hydrogen (secondary N) is 1. The number of nitrogens with zero attached hydrogens (tertiary/aromatic N) is 2. The predicted octanol–water partition coefficient (Wildman–Crippen LogP) is 0.917. The molecule has 7 heteroatoms. The third-order valence-corrected chi connectivity index (χ3v) is 2.88. The van der Waals surface area contributed by atoms with E-state index in [0.717, 1.165) is 22.9 Å². The molecule has 0 saturated heterocycles. The van der Waals surface area contributed by atoms with Gasteiger partial charge in [0.25, 0.3) is 11.2 Å². The second-order valence-corrected chi connectivity index (χ2v) is 4.71. The van der Waals surface area contributed by atoms with Crippen LogP contribution < -0.4 is 10.9 Å². The maximum atomic E-state index is 11.7. The molecule has 0 fully saturated rings. The van der Waals surface area contributed by atoms with E-state index in [1.807, 2.05) is 20.8 Å². The average Bonchev–Trinajstić information content (AvgIpc) is 2.31. The van der Waals surface area contributed by atoms with Crippen LogP contribution in [0.5, 0.6) is 0 Å². The zero-order valence-electron chi connectivity index (χ0n) is 11.1. The van der Waals surface area contributed by atoms with Gasteiger partial charge in [0.2, 0.25) is 5.91 Å². The molecule has 7 nitrogen and oxygen atoms in total. The Labute approximate surface area is 110 Å². The zero-order chi connectivity index (χ0) is 14.6. The second kappa shape index (κ2) is 6.12. The van der Waals surface area contributed by atoms with E-state index in [0.29, 0.717) is 0 Å². The highest BCUT2D eigenvalue weighted by Crippen LogP contribution is 2.06. The summed E-state index contributed by atoms with van der Waals surface area (Å²) in [4.78, 5) is 33.2. The monoisotopic (exact) mass is 267 g/mol. The Bertz CT molecular complexity index is 536. The van der Waals surface area contributed by atoms with Crippen LogP contribution in [0.2, 0.25) is 0 Å². The lowest BCUT2D eigenvalue weighted by Crippen LogP contribution is -2.39. The Morgan fingerprint density at radius 1 is 1.42 bits per heavy atom. The van der Waals surface area contributed by atoms with E-state index < -0.39 is 10.5 Å². The maximum Gasteiger partial charge on any atom is 0.285 e. The van der Waals surface area contributed by atoms with Gasteiger partial charge in [-0.1, -0.05) is 13.8 Å². The molecule has 0 aliphatic carbocycles. The number of pyridine rings is 1. The Kier molecular flexibility index (Phi) is 4.80. The van der Waals surface area contributed by atoms with Crippen LogP contribution >= 0.6 is 0 Å². The maximum absolute atomic E-state index is 11.7. The first kappa shape index (κ1) is 14.9. The summed E-state index contributed by atoms with van der Waals surface area (Å²) in [5.41, 5.74) is -0.665. The van der Waals surface area contributed by atoms with Crippen LogP contribution in [0.1, 0.15) is 20.8 Å². The SMILES string of the molecule is CC(C)C(C)NC(=O)Cn1cc([N+](=O)[O-])ccc1=O. The summed E-state index contributed by atoms with van der Waals surface area (Å²) in [6.07, 6.45) is 1.07. The topological polar surface area (TPSA) is 94.2 Å². The molecule has 1 heterocycles. The molecule has 0 bridgehead atoms. The van der Waals surface area contributed by atoms with Crippen LogP contribution in [0, 0.1) is 16.0 Å². The third-order valence-electron chi connectivity index (χ3n) is 2.88. The molecular formula is C12H17N3O4. The van der Waals surface area contributed by atoms with Gasteiger partial charge in [-0.25, -0.2) is 0 Å². The number of hydrogen-bond acceptors (Lipinski definition) is 4. The number of aromatic nitrogens is 1. The first-order valence-corrected chi connectivity index (χ1v) is 5.95. The molecule has 1 amide bonds. The zero-order valence-corrected chi connectivity index (χ0v) is 11.1. The number of rotatable bonds is 5. The van der Waals surface area contributed by atoms with Crippen LogP contribution in [0.25, 0.3) is 0 Å². The van der Waals surface area contributed by atoms with Gasteiger partial charge in [0.05, 0.1) is 11.1 Å². The minimum absolute atomic E-state index is 0.0260. The molecular weight excluding hydrogens is 250 g/mol. The van der Waals surface area contributed by atoms with Gasteiger partial charge in [-0.15, -0.1) is 0 Å². The molecule has 0 saturated carbocycles.